The first-order valence-corrected chi connectivity index (χ1v) is 9.48. The van der Waals surface area contributed by atoms with Gasteiger partial charge < -0.3 is 9.47 Å². The van der Waals surface area contributed by atoms with Gasteiger partial charge in [-0.05, 0) is 30.2 Å². The number of fused-ring (bicyclic) bond motifs is 1. The molecule has 26 heavy (non-hydrogen) atoms. The van der Waals surface area contributed by atoms with E-state index in [-0.39, 0.29) is 11.8 Å². The van der Waals surface area contributed by atoms with Gasteiger partial charge in [0.1, 0.15) is 5.82 Å². The van der Waals surface area contributed by atoms with Gasteiger partial charge in [-0.2, -0.15) is 0 Å². The minimum absolute atomic E-state index is 0.138. The van der Waals surface area contributed by atoms with Crippen LogP contribution in [0.2, 0.25) is 0 Å². The highest BCUT2D eigenvalue weighted by atomic mass is 16.2. The molecule has 2 aromatic carbocycles. The zero-order valence-electron chi connectivity index (χ0n) is 15.4. The summed E-state index contributed by atoms with van der Waals surface area (Å²) in [7, 11) is 0. The fourth-order valence-corrected chi connectivity index (χ4v) is 3.78. The van der Waals surface area contributed by atoms with E-state index in [0.29, 0.717) is 18.9 Å². The Hall–Kier alpha value is -2.62. The molecule has 0 saturated carbocycles. The van der Waals surface area contributed by atoms with Gasteiger partial charge in [0.2, 0.25) is 5.91 Å². The summed E-state index contributed by atoms with van der Waals surface area (Å²) in [5.41, 5.74) is 3.18. The predicted molar refractivity (Wildman–Crippen MR) is 105 cm³/mol. The molecule has 0 spiro atoms. The number of aromatic nitrogens is 2. The van der Waals surface area contributed by atoms with E-state index in [9.17, 15) is 4.79 Å². The van der Waals surface area contributed by atoms with Gasteiger partial charge >= 0.3 is 0 Å². The fourth-order valence-electron chi connectivity index (χ4n) is 3.78. The Labute approximate surface area is 154 Å². The normalized spacial score (nSPS) is 18.6. The second kappa shape index (κ2) is 6.94. The number of hydrogen-bond acceptors (Lipinski definition) is 2. The predicted octanol–water partition coefficient (Wildman–Crippen LogP) is 4.60. The molecule has 1 aliphatic rings. The molecule has 0 unspecified atom stereocenters. The molecule has 2 heterocycles. The van der Waals surface area contributed by atoms with Crippen molar-refractivity contribution in [2.24, 2.45) is 5.92 Å². The van der Waals surface area contributed by atoms with Crippen LogP contribution >= 0.6 is 0 Å². The lowest BCUT2D eigenvalue weighted by molar-refractivity contribution is -0.117. The van der Waals surface area contributed by atoms with Crippen molar-refractivity contribution < 1.29 is 4.79 Å². The SMILES string of the molecule is CC[C@H](C)Cn1c([C@H]2CC(=O)N(c3ccccc3)C2)nc2ccccc21. The van der Waals surface area contributed by atoms with Crippen molar-refractivity contribution in [1.82, 2.24) is 9.55 Å². The van der Waals surface area contributed by atoms with E-state index in [2.05, 4.69) is 36.6 Å². The van der Waals surface area contributed by atoms with Crippen LogP contribution in [0.15, 0.2) is 54.6 Å². The number of benzene rings is 2. The Morgan fingerprint density at radius 3 is 2.62 bits per heavy atom. The van der Waals surface area contributed by atoms with E-state index in [1.54, 1.807) is 0 Å². The van der Waals surface area contributed by atoms with Crippen LogP contribution in [-0.4, -0.2) is 22.0 Å². The second-order valence-corrected chi connectivity index (χ2v) is 7.32. The third-order valence-electron chi connectivity index (χ3n) is 5.43. The highest BCUT2D eigenvalue weighted by Gasteiger charge is 2.34. The molecule has 1 aliphatic heterocycles. The number of carbonyl (C=O) groups is 1. The number of rotatable bonds is 5. The summed E-state index contributed by atoms with van der Waals surface area (Å²) < 4.78 is 2.34. The Kier molecular flexibility index (Phi) is 4.49. The van der Waals surface area contributed by atoms with Gasteiger partial charge in [0.15, 0.2) is 0 Å². The first kappa shape index (κ1) is 16.8. The lowest BCUT2D eigenvalue weighted by Crippen LogP contribution is -2.24. The van der Waals surface area contributed by atoms with Crippen LogP contribution in [0.3, 0.4) is 0 Å². The van der Waals surface area contributed by atoms with Crippen molar-refractivity contribution in [3.8, 4) is 0 Å². The van der Waals surface area contributed by atoms with Crippen LogP contribution in [0.25, 0.3) is 11.0 Å². The zero-order chi connectivity index (χ0) is 18.1. The van der Waals surface area contributed by atoms with Gasteiger partial charge in [-0.3, -0.25) is 4.79 Å². The third kappa shape index (κ3) is 3.00. The molecule has 1 aromatic heterocycles. The van der Waals surface area contributed by atoms with E-state index in [0.717, 1.165) is 30.0 Å². The number of imidazole rings is 1. The third-order valence-corrected chi connectivity index (χ3v) is 5.43. The van der Waals surface area contributed by atoms with Crippen LogP contribution in [-0.2, 0) is 11.3 Å². The Morgan fingerprint density at radius 2 is 1.85 bits per heavy atom. The van der Waals surface area contributed by atoms with Crippen LogP contribution in [0.5, 0.6) is 0 Å². The van der Waals surface area contributed by atoms with Crippen molar-refractivity contribution in [3.05, 3.63) is 60.4 Å². The first-order valence-electron chi connectivity index (χ1n) is 9.48. The van der Waals surface area contributed by atoms with Gasteiger partial charge in [-0.15, -0.1) is 0 Å². The molecule has 0 radical (unpaired) electrons. The van der Waals surface area contributed by atoms with Crippen molar-refractivity contribution in [2.45, 2.75) is 39.2 Å². The van der Waals surface area contributed by atoms with Gasteiger partial charge in [0.05, 0.1) is 11.0 Å². The van der Waals surface area contributed by atoms with Gasteiger partial charge in [-0.1, -0.05) is 50.6 Å². The van der Waals surface area contributed by atoms with E-state index < -0.39 is 0 Å². The fraction of sp³-hybridized carbons (Fsp3) is 0.364. The molecule has 4 rings (SSSR count). The molecule has 0 aliphatic carbocycles. The molecule has 3 aromatic rings. The number of para-hydroxylation sites is 3. The summed E-state index contributed by atoms with van der Waals surface area (Å²) in [5.74, 6) is 1.95. The number of nitrogens with zero attached hydrogens (tertiary/aromatic N) is 3. The topological polar surface area (TPSA) is 38.1 Å². The van der Waals surface area contributed by atoms with E-state index in [1.165, 1.54) is 5.52 Å². The molecule has 4 nitrogen and oxygen atoms in total. The Bertz CT molecular complexity index is 916. The van der Waals surface area contributed by atoms with Gasteiger partial charge in [0.25, 0.3) is 0 Å². The van der Waals surface area contributed by atoms with Gasteiger partial charge in [0, 0.05) is 31.1 Å². The highest BCUT2D eigenvalue weighted by molar-refractivity contribution is 5.96. The summed E-state index contributed by atoms with van der Waals surface area (Å²) in [6.07, 6.45) is 1.66. The van der Waals surface area contributed by atoms with Crippen LogP contribution in [0, 0.1) is 5.92 Å². The average Bonchev–Trinajstić information content (AvgIpc) is 3.23. The summed E-state index contributed by atoms with van der Waals surface area (Å²) >= 11 is 0. The standard InChI is InChI=1S/C22H25N3O/c1-3-16(2)14-25-20-12-8-7-11-19(20)23-22(25)17-13-21(26)24(15-17)18-9-5-4-6-10-18/h4-12,16-17H,3,13-15H2,1-2H3/t16-,17-/m0/s1. The summed E-state index contributed by atoms with van der Waals surface area (Å²) in [5, 5.41) is 0. The number of carbonyl (C=O) groups excluding carboxylic acids is 1. The molecule has 1 amide bonds. The largest absolute Gasteiger partial charge is 0.327 e. The molecular weight excluding hydrogens is 322 g/mol. The Balaban J connectivity index is 1.70. The van der Waals surface area contributed by atoms with Gasteiger partial charge in [-0.25, -0.2) is 4.98 Å². The Morgan fingerprint density at radius 1 is 1.12 bits per heavy atom. The molecule has 0 N–H and O–H groups in total. The summed E-state index contributed by atoms with van der Waals surface area (Å²) in [4.78, 5) is 19.5. The lowest BCUT2D eigenvalue weighted by Gasteiger charge is -2.18. The molecule has 134 valence electrons. The van der Waals surface area contributed by atoms with E-state index >= 15 is 0 Å². The van der Waals surface area contributed by atoms with Crippen molar-refractivity contribution in [1.29, 1.82) is 0 Å². The summed E-state index contributed by atoms with van der Waals surface area (Å²) in [6.45, 7) is 6.14. The second-order valence-electron chi connectivity index (χ2n) is 7.32. The van der Waals surface area contributed by atoms with Crippen molar-refractivity contribution in [3.63, 3.8) is 0 Å². The van der Waals surface area contributed by atoms with E-state index in [1.807, 2.05) is 41.3 Å². The molecule has 0 bridgehead atoms. The molecule has 1 saturated heterocycles. The smallest absolute Gasteiger partial charge is 0.227 e. The van der Waals surface area contributed by atoms with E-state index in [4.69, 9.17) is 4.98 Å². The number of hydrogen-bond donors (Lipinski definition) is 0. The van der Waals surface area contributed by atoms with Crippen LogP contribution in [0.1, 0.15) is 38.4 Å². The van der Waals surface area contributed by atoms with Crippen molar-refractivity contribution in [2.75, 3.05) is 11.4 Å². The van der Waals surface area contributed by atoms with Crippen LogP contribution in [0.4, 0.5) is 5.69 Å². The molecular formula is C22H25N3O. The first-order chi connectivity index (χ1) is 12.7. The monoisotopic (exact) mass is 347 g/mol. The maximum Gasteiger partial charge on any atom is 0.227 e. The zero-order valence-corrected chi connectivity index (χ0v) is 15.4. The average molecular weight is 347 g/mol. The maximum atomic E-state index is 12.7. The molecule has 1 fully saturated rings. The highest BCUT2D eigenvalue weighted by Crippen LogP contribution is 2.33. The quantitative estimate of drug-likeness (QED) is 0.676. The minimum Gasteiger partial charge on any atom is -0.327 e. The molecule has 4 heteroatoms. The summed E-state index contributed by atoms with van der Waals surface area (Å²) in [6, 6.07) is 18.2. The molecule has 2 atom stereocenters. The minimum atomic E-state index is 0.138. The number of anilines is 1. The lowest BCUT2D eigenvalue weighted by atomic mass is 10.1. The number of amides is 1. The van der Waals surface area contributed by atoms with Crippen molar-refractivity contribution >= 4 is 22.6 Å². The van der Waals surface area contributed by atoms with Crippen LogP contribution < -0.4 is 4.90 Å². The maximum absolute atomic E-state index is 12.7.